The van der Waals surface area contributed by atoms with Crippen molar-refractivity contribution in [3.05, 3.63) is 79.6 Å². The Morgan fingerprint density at radius 2 is 1.96 bits per heavy atom. The van der Waals surface area contributed by atoms with Crippen LogP contribution in [0, 0.1) is 10.1 Å². The summed E-state index contributed by atoms with van der Waals surface area (Å²) in [5, 5.41) is 15.1. The second-order valence-electron chi connectivity index (χ2n) is 5.65. The molecule has 0 aliphatic heterocycles. The summed E-state index contributed by atoms with van der Waals surface area (Å²) in [6.07, 6.45) is 1.42. The number of nitro groups is 1. The minimum absolute atomic E-state index is 0.0255. The molecule has 0 radical (unpaired) electrons. The molecule has 0 N–H and O–H groups in total. The van der Waals surface area contributed by atoms with Crippen LogP contribution in [0.15, 0.2) is 62.6 Å². The molecule has 0 saturated heterocycles. The van der Waals surface area contributed by atoms with Gasteiger partial charge in [-0.2, -0.15) is 4.98 Å². The number of halogens is 1. The van der Waals surface area contributed by atoms with Gasteiger partial charge in [0.1, 0.15) is 6.54 Å². The largest absolute Gasteiger partial charge is 0.337 e. The highest BCUT2D eigenvalue weighted by Crippen LogP contribution is 2.20. The topological polar surface area (TPSA) is 117 Å². The van der Waals surface area contributed by atoms with Crippen molar-refractivity contribution in [3.63, 3.8) is 0 Å². The summed E-state index contributed by atoms with van der Waals surface area (Å²) in [6, 6.07) is 11.1. The quantitative estimate of drug-likeness (QED) is 0.362. The van der Waals surface area contributed by atoms with Crippen LogP contribution in [-0.2, 0) is 6.54 Å². The molecule has 4 rings (SSSR count). The Kier molecular flexibility index (Phi) is 4.24. The summed E-state index contributed by atoms with van der Waals surface area (Å²) in [5.41, 5.74) is 0.916. The molecule has 2 aromatic heterocycles. The van der Waals surface area contributed by atoms with E-state index in [0.29, 0.717) is 16.5 Å². The molecule has 2 heterocycles. The third kappa shape index (κ3) is 3.34. The first kappa shape index (κ1) is 17.0. The predicted octanol–water partition coefficient (Wildman–Crippen LogP) is 3.17. The highest BCUT2D eigenvalue weighted by molar-refractivity contribution is 9.10. The summed E-state index contributed by atoms with van der Waals surface area (Å²) < 4.78 is 7.36. The van der Waals surface area contributed by atoms with Crippen LogP contribution in [0.3, 0.4) is 0 Å². The molecule has 0 spiro atoms. The summed E-state index contributed by atoms with van der Waals surface area (Å²) in [5.74, 6) is 0.506. The van der Waals surface area contributed by atoms with E-state index in [0.717, 1.165) is 4.47 Å². The van der Waals surface area contributed by atoms with E-state index in [1.807, 2.05) is 6.07 Å². The first-order valence-corrected chi connectivity index (χ1v) is 8.53. The SMILES string of the molecule is O=c1c2cc(Br)ccc2ncn1Cc1nc(-c2ccc([N+](=O)[O-])cc2)no1. The highest BCUT2D eigenvalue weighted by Gasteiger charge is 2.13. The summed E-state index contributed by atoms with van der Waals surface area (Å²) in [6.45, 7) is 0.0638. The molecule has 0 atom stereocenters. The third-order valence-electron chi connectivity index (χ3n) is 3.90. The molecule has 9 nitrogen and oxygen atoms in total. The number of nitro benzene ring substituents is 1. The number of hydrogen-bond acceptors (Lipinski definition) is 7. The summed E-state index contributed by atoms with van der Waals surface area (Å²) in [4.78, 5) is 31.3. The van der Waals surface area contributed by atoms with Gasteiger partial charge in [0.2, 0.25) is 11.7 Å². The maximum atomic E-state index is 12.6. The molecule has 0 unspecified atom stereocenters. The van der Waals surface area contributed by atoms with Crippen molar-refractivity contribution in [2.24, 2.45) is 0 Å². The maximum absolute atomic E-state index is 12.6. The van der Waals surface area contributed by atoms with Gasteiger partial charge in [-0.1, -0.05) is 21.1 Å². The van der Waals surface area contributed by atoms with E-state index in [1.165, 1.54) is 35.2 Å². The molecule has 0 aliphatic carbocycles. The zero-order valence-corrected chi connectivity index (χ0v) is 15.2. The Morgan fingerprint density at radius 3 is 2.70 bits per heavy atom. The molecular formula is C17H10BrN5O4. The lowest BCUT2D eigenvalue weighted by molar-refractivity contribution is -0.384. The van der Waals surface area contributed by atoms with Crippen molar-refractivity contribution in [1.29, 1.82) is 0 Å². The van der Waals surface area contributed by atoms with Gasteiger partial charge in [0.25, 0.3) is 11.2 Å². The molecule has 0 bridgehead atoms. The fourth-order valence-corrected chi connectivity index (χ4v) is 2.92. The van der Waals surface area contributed by atoms with Crippen molar-refractivity contribution < 1.29 is 9.45 Å². The van der Waals surface area contributed by atoms with Crippen molar-refractivity contribution in [2.45, 2.75) is 6.54 Å². The van der Waals surface area contributed by atoms with Crippen molar-refractivity contribution in [1.82, 2.24) is 19.7 Å². The van der Waals surface area contributed by atoms with Crippen LogP contribution in [0.5, 0.6) is 0 Å². The van der Waals surface area contributed by atoms with E-state index in [9.17, 15) is 14.9 Å². The van der Waals surface area contributed by atoms with Gasteiger partial charge in [0.05, 0.1) is 22.2 Å². The van der Waals surface area contributed by atoms with Crippen LogP contribution in [0.1, 0.15) is 5.89 Å². The van der Waals surface area contributed by atoms with Gasteiger partial charge < -0.3 is 4.52 Å². The fraction of sp³-hybridized carbons (Fsp3) is 0.0588. The van der Waals surface area contributed by atoms with Gasteiger partial charge in [0.15, 0.2) is 0 Å². The molecule has 0 amide bonds. The fourth-order valence-electron chi connectivity index (χ4n) is 2.56. The molecule has 134 valence electrons. The van der Waals surface area contributed by atoms with Crippen LogP contribution in [-0.4, -0.2) is 24.6 Å². The normalized spacial score (nSPS) is 11.0. The minimum atomic E-state index is -0.483. The molecule has 10 heteroatoms. The number of benzene rings is 2. The smallest absolute Gasteiger partial charge is 0.269 e. The van der Waals surface area contributed by atoms with Crippen LogP contribution in [0.25, 0.3) is 22.3 Å². The number of rotatable bonds is 4. The molecule has 27 heavy (non-hydrogen) atoms. The van der Waals surface area contributed by atoms with Gasteiger partial charge in [-0.25, -0.2) is 4.98 Å². The first-order valence-electron chi connectivity index (χ1n) is 7.73. The number of fused-ring (bicyclic) bond motifs is 1. The van der Waals surface area contributed by atoms with Crippen molar-refractivity contribution in [2.75, 3.05) is 0 Å². The summed E-state index contributed by atoms with van der Waals surface area (Å²) in [7, 11) is 0. The number of aromatic nitrogens is 4. The molecule has 4 aromatic rings. The lowest BCUT2D eigenvalue weighted by atomic mass is 10.2. The summed E-state index contributed by atoms with van der Waals surface area (Å²) >= 11 is 3.34. The standard InChI is InChI=1S/C17H10BrN5O4/c18-11-3-6-14-13(7-11)17(24)22(9-19-14)8-15-20-16(21-27-15)10-1-4-12(5-2-10)23(25)26/h1-7,9H,8H2. The van der Waals surface area contributed by atoms with Crippen LogP contribution < -0.4 is 5.56 Å². The molecule has 0 fully saturated rings. The van der Waals surface area contributed by atoms with Gasteiger partial charge in [-0.05, 0) is 30.3 Å². The Morgan fingerprint density at radius 1 is 1.19 bits per heavy atom. The lowest BCUT2D eigenvalue weighted by Gasteiger charge is -2.03. The van der Waals surface area contributed by atoms with Crippen molar-refractivity contribution >= 4 is 32.5 Å². The van der Waals surface area contributed by atoms with Crippen molar-refractivity contribution in [3.8, 4) is 11.4 Å². The second kappa shape index (κ2) is 6.72. The Hall–Kier alpha value is -3.40. The molecular weight excluding hydrogens is 418 g/mol. The molecule has 2 aromatic carbocycles. The Labute approximate surface area is 159 Å². The van der Waals surface area contributed by atoms with Gasteiger partial charge in [-0.15, -0.1) is 0 Å². The van der Waals surface area contributed by atoms with E-state index in [1.54, 1.807) is 12.1 Å². The highest BCUT2D eigenvalue weighted by atomic mass is 79.9. The van der Waals surface area contributed by atoms with Crippen LogP contribution >= 0.6 is 15.9 Å². The van der Waals surface area contributed by atoms with Gasteiger partial charge >= 0.3 is 0 Å². The van der Waals surface area contributed by atoms with E-state index >= 15 is 0 Å². The predicted molar refractivity (Wildman–Crippen MR) is 99.2 cm³/mol. The van der Waals surface area contributed by atoms with E-state index in [4.69, 9.17) is 4.52 Å². The number of nitrogens with zero attached hydrogens (tertiary/aromatic N) is 5. The van der Waals surface area contributed by atoms with E-state index < -0.39 is 4.92 Å². The van der Waals surface area contributed by atoms with Gasteiger partial charge in [-0.3, -0.25) is 19.5 Å². The lowest BCUT2D eigenvalue weighted by Crippen LogP contribution is -2.21. The van der Waals surface area contributed by atoms with E-state index in [2.05, 4.69) is 31.1 Å². The molecule has 0 aliphatic rings. The minimum Gasteiger partial charge on any atom is -0.337 e. The zero-order valence-electron chi connectivity index (χ0n) is 13.6. The van der Waals surface area contributed by atoms with Crippen LogP contribution in [0.4, 0.5) is 5.69 Å². The second-order valence-corrected chi connectivity index (χ2v) is 6.57. The first-order chi connectivity index (χ1) is 13.0. The monoisotopic (exact) mass is 427 g/mol. The van der Waals surface area contributed by atoms with E-state index in [-0.39, 0.29) is 29.5 Å². The van der Waals surface area contributed by atoms with Gasteiger partial charge in [0, 0.05) is 22.2 Å². The van der Waals surface area contributed by atoms with Crippen LogP contribution in [0.2, 0.25) is 0 Å². The third-order valence-corrected chi connectivity index (χ3v) is 4.39. The Balaban J connectivity index is 1.63. The zero-order chi connectivity index (χ0) is 19.0. The number of non-ortho nitro benzene ring substituents is 1. The average Bonchev–Trinajstić information content (AvgIpc) is 3.13. The number of hydrogen-bond donors (Lipinski definition) is 0. The maximum Gasteiger partial charge on any atom is 0.269 e. The Bertz CT molecular complexity index is 1220. The average molecular weight is 428 g/mol. The molecule has 0 saturated carbocycles.